The minimum absolute atomic E-state index is 0.0733. The van der Waals surface area contributed by atoms with E-state index in [4.69, 9.17) is 16.7 Å². The van der Waals surface area contributed by atoms with Crippen molar-refractivity contribution in [2.24, 2.45) is 5.92 Å². The zero-order valence-corrected chi connectivity index (χ0v) is 13.6. The summed E-state index contributed by atoms with van der Waals surface area (Å²) >= 11 is 6.11. The monoisotopic (exact) mass is 338 g/mol. The van der Waals surface area contributed by atoms with Gasteiger partial charge < -0.3 is 14.9 Å². The Morgan fingerprint density at radius 1 is 1.39 bits per heavy atom. The molecule has 1 aliphatic rings. The smallest absolute Gasteiger partial charge is 0.323 e. The first-order chi connectivity index (χ1) is 10.9. The molecule has 0 bridgehead atoms. The molecule has 2 amide bonds. The fourth-order valence-electron chi connectivity index (χ4n) is 2.74. The SMILES string of the molecule is CCCN(CC(=O)O)C(=O)C1CC(=O)N(c2ccccc2Cl)C1. The standard InChI is InChI=1S/C16H19ClN2O4/c1-2-7-18(10-15(21)22)16(23)11-8-14(20)19(9-11)13-6-4-3-5-12(13)17/h3-6,11H,2,7-10H2,1H3,(H,21,22). The van der Waals surface area contributed by atoms with Gasteiger partial charge in [-0.2, -0.15) is 0 Å². The number of benzene rings is 1. The van der Waals surface area contributed by atoms with Gasteiger partial charge >= 0.3 is 5.97 Å². The highest BCUT2D eigenvalue weighted by Gasteiger charge is 2.38. The molecule has 1 aliphatic heterocycles. The molecule has 0 aliphatic carbocycles. The maximum absolute atomic E-state index is 12.5. The topological polar surface area (TPSA) is 77.9 Å². The third-order valence-electron chi connectivity index (χ3n) is 3.75. The van der Waals surface area contributed by atoms with Crippen LogP contribution in [0.25, 0.3) is 0 Å². The second-order valence-electron chi connectivity index (χ2n) is 5.51. The highest BCUT2D eigenvalue weighted by atomic mass is 35.5. The van der Waals surface area contributed by atoms with Crippen molar-refractivity contribution in [3.05, 3.63) is 29.3 Å². The van der Waals surface area contributed by atoms with Crippen LogP contribution in [0.3, 0.4) is 0 Å². The van der Waals surface area contributed by atoms with Crippen molar-refractivity contribution in [3.8, 4) is 0 Å². The third kappa shape index (κ3) is 4.01. The number of aliphatic carboxylic acids is 1. The highest BCUT2D eigenvalue weighted by molar-refractivity contribution is 6.33. The minimum atomic E-state index is -1.06. The van der Waals surface area contributed by atoms with Crippen molar-refractivity contribution in [3.63, 3.8) is 0 Å². The number of carbonyl (C=O) groups excluding carboxylic acids is 2. The van der Waals surface area contributed by atoms with Crippen molar-refractivity contribution in [1.29, 1.82) is 0 Å². The maximum atomic E-state index is 12.5. The number of carboxylic acids is 1. The van der Waals surface area contributed by atoms with E-state index in [1.54, 1.807) is 24.3 Å². The normalized spacial score (nSPS) is 17.4. The lowest BCUT2D eigenvalue weighted by Crippen LogP contribution is -2.41. The Bertz CT molecular complexity index is 620. The number of carboxylic acid groups (broad SMARTS) is 1. The lowest BCUT2D eigenvalue weighted by atomic mass is 10.1. The molecule has 1 unspecified atom stereocenters. The van der Waals surface area contributed by atoms with E-state index in [-0.39, 0.29) is 31.3 Å². The minimum Gasteiger partial charge on any atom is -0.480 e. The molecule has 2 rings (SSSR count). The van der Waals surface area contributed by atoms with Crippen molar-refractivity contribution >= 4 is 35.1 Å². The van der Waals surface area contributed by atoms with Crippen LogP contribution in [0, 0.1) is 5.92 Å². The van der Waals surface area contributed by atoms with Gasteiger partial charge in [0.05, 0.1) is 16.6 Å². The molecule has 23 heavy (non-hydrogen) atoms. The number of para-hydroxylation sites is 1. The van der Waals surface area contributed by atoms with Gasteiger partial charge in [0.1, 0.15) is 6.54 Å². The fraction of sp³-hybridized carbons (Fsp3) is 0.438. The molecule has 0 spiro atoms. The molecule has 7 heteroatoms. The molecule has 0 aromatic heterocycles. The lowest BCUT2D eigenvalue weighted by molar-refractivity contribution is -0.146. The number of amides is 2. The zero-order valence-electron chi connectivity index (χ0n) is 12.9. The summed E-state index contributed by atoms with van der Waals surface area (Å²) in [5.74, 6) is -2.07. The molecule has 0 saturated carbocycles. The molecule has 1 atom stereocenters. The van der Waals surface area contributed by atoms with E-state index in [0.29, 0.717) is 23.7 Å². The molecule has 1 fully saturated rings. The summed E-state index contributed by atoms with van der Waals surface area (Å²) in [6, 6.07) is 6.96. The van der Waals surface area contributed by atoms with Crippen molar-refractivity contribution in [1.82, 2.24) is 4.90 Å². The molecular formula is C16H19ClN2O4. The molecule has 1 aromatic rings. The molecule has 124 valence electrons. The van der Waals surface area contributed by atoms with Crippen LogP contribution >= 0.6 is 11.6 Å². The number of hydrogen-bond acceptors (Lipinski definition) is 3. The summed E-state index contributed by atoms with van der Waals surface area (Å²) in [6.45, 7) is 2.12. The molecule has 1 aromatic carbocycles. The summed E-state index contributed by atoms with van der Waals surface area (Å²) in [7, 11) is 0. The number of rotatable bonds is 6. The summed E-state index contributed by atoms with van der Waals surface area (Å²) in [4.78, 5) is 38.5. The summed E-state index contributed by atoms with van der Waals surface area (Å²) in [5.41, 5.74) is 0.578. The molecule has 6 nitrogen and oxygen atoms in total. The van der Waals surface area contributed by atoms with E-state index in [2.05, 4.69) is 0 Å². The van der Waals surface area contributed by atoms with Gasteiger partial charge in [-0.1, -0.05) is 30.7 Å². The van der Waals surface area contributed by atoms with Gasteiger partial charge in [0.2, 0.25) is 11.8 Å². The van der Waals surface area contributed by atoms with Gasteiger partial charge in [-0.25, -0.2) is 0 Å². The maximum Gasteiger partial charge on any atom is 0.323 e. The van der Waals surface area contributed by atoms with Gasteiger partial charge in [0.15, 0.2) is 0 Å². The van der Waals surface area contributed by atoms with Gasteiger partial charge in [0.25, 0.3) is 0 Å². The molecule has 1 saturated heterocycles. The van der Waals surface area contributed by atoms with Crippen LogP contribution in [-0.2, 0) is 14.4 Å². The Hall–Kier alpha value is -2.08. The van der Waals surface area contributed by atoms with E-state index >= 15 is 0 Å². The van der Waals surface area contributed by atoms with Crippen molar-refractivity contribution in [2.75, 3.05) is 24.5 Å². The Labute approximate surface area is 139 Å². The van der Waals surface area contributed by atoms with Crippen molar-refractivity contribution in [2.45, 2.75) is 19.8 Å². The summed E-state index contributed by atoms with van der Waals surface area (Å²) < 4.78 is 0. The number of hydrogen-bond donors (Lipinski definition) is 1. The highest BCUT2D eigenvalue weighted by Crippen LogP contribution is 2.31. The van der Waals surface area contributed by atoms with Crippen LogP contribution < -0.4 is 4.90 Å². The average molecular weight is 339 g/mol. The number of anilines is 1. The second-order valence-corrected chi connectivity index (χ2v) is 5.92. The number of carbonyl (C=O) groups is 3. The van der Waals surface area contributed by atoms with E-state index in [0.717, 1.165) is 0 Å². The first kappa shape index (κ1) is 17.3. The molecular weight excluding hydrogens is 320 g/mol. The number of nitrogens with zero attached hydrogens (tertiary/aromatic N) is 2. The predicted molar refractivity (Wildman–Crippen MR) is 86.4 cm³/mol. The van der Waals surface area contributed by atoms with Crippen LogP contribution in [0.15, 0.2) is 24.3 Å². The third-order valence-corrected chi connectivity index (χ3v) is 4.07. The van der Waals surface area contributed by atoms with Crippen LogP contribution in [-0.4, -0.2) is 47.4 Å². The second kappa shape index (κ2) is 7.46. The summed E-state index contributed by atoms with van der Waals surface area (Å²) in [5, 5.41) is 9.38. The predicted octanol–water partition coefficient (Wildman–Crippen LogP) is 2.02. The zero-order chi connectivity index (χ0) is 17.0. The Morgan fingerprint density at radius 3 is 2.70 bits per heavy atom. The largest absolute Gasteiger partial charge is 0.480 e. The lowest BCUT2D eigenvalue weighted by Gasteiger charge is -2.23. The van der Waals surface area contributed by atoms with Crippen LogP contribution in [0.2, 0.25) is 5.02 Å². The molecule has 1 heterocycles. The first-order valence-electron chi connectivity index (χ1n) is 7.49. The first-order valence-corrected chi connectivity index (χ1v) is 7.87. The van der Waals surface area contributed by atoms with E-state index < -0.39 is 11.9 Å². The molecule has 0 radical (unpaired) electrons. The van der Waals surface area contributed by atoms with E-state index in [1.807, 2.05) is 6.92 Å². The van der Waals surface area contributed by atoms with Gasteiger partial charge in [0, 0.05) is 19.5 Å². The number of halogens is 1. The quantitative estimate of drug-likeness (QED) is 0.860. The summed E-state index contributed by atoms with van der Waals surface area (Å²) in [6.07, 6.45) is 0.734. The van der Waals surface area contributed by atoms with Crippen LogP contribution in [0.4, 0.5) is 5.69 Å². The van der Waals surface area contributed by atoms with Crippen LogP contribution in [0.1, 0.15) is 19.8 Å². The average Bonchev–Trinajstić information content (AvgIpc) is 2.88. The van der Waals surface area contributed by atoms with Gasteiger partial charge in [-0.15, -0.1) is 0 Å². The fourth-order valence-corrected chi connectivity index (χ4v) is 2.97. The van der Waals surface area contributed by atoms with Crippen LogP contribution in [0.5, 0.6) is 0 Å². The van der Waals surface area contributed by atoms with E-state index in [1.165, 1.54) is 9.80 Å². The van der Waals surface area contributed by atoms with E-state index in [9.17, 15) is 14.4 Å². The van der Waals surface area contributed by atoms with Crippen molar-refractivity contribution < 1.29 is 19.5 Å². The Morgan fingerprint density at radius 2 is 2.09 bits per heavy atom. The van der Waals surface area contributed by atoms with Gasteiger partial charge in [-0.3, -0.25) is 14.4 Å². The molecule has 1 N–H and O–H groups in total. The Balaban J connectivity index is 2.13. The van der Waals surface area contributed by atoms with Gasteiger partial charge in [-0.05, 0) is 18.6 Å². The Kier molecular flexibility index (Phi) is 5.60.